The highest BCUT2D eigenvalue weighted by Gasteiger charge is 2.22. The van der Waals surface area contributed by atoms with Crippen molar-refractivity contribution >= 4 is 0 Å². The molecule has 100 valence electrons. The minimum absolute atomic E-state index is 0.284. The summed E-state index contributed by atoms with van der Waals surface area (Å²) in [6.45, 7) is 5.53. The minimum atomic E-state index is 0.284. The van der Waals surface area contributed by atoms with Gasteiger partial charge in [-0.25, -0.2) is 0 Å². The Labute approximate surface area is 101 Å². The standard InChI is InChI=1S/C11H20O6/c1(12-5-10-7-16-10)3-14-9-15-4-2-13-6-11-8-17-11/h10-11H,1-9H2. The van der Waals surface area contributed by atoms with Crippen molar-refractivity contribution in [2.45, 2.75) is 12.2 Å². The van der Waals surface area contributed by atoms with Gasteiger partial charge in [0, 0.05) is 0 Å². The fourth-order valence-electron chi connectivity index (χ4n) is 1.17. The van der Waals surface area contributed by atoms with E-state index in [2.05, 4.69) is 0 Å². The van der Waals surface area contributed by atoms with Gasteiger partial charge in [0.1, 0.15) is 19.0 Å². The van der Waals surface area contributed by atoms with Crippen molar-refractivity contribution in [3.8, 4) is 0 Å². The van der Waals surface area contributed by atoms with Gasteiger partial charge in [0.2, 0.25) is 0 Å². The maximum atomic E-state index is 5.29. The van der Waals surface area contributed by atoms with Crippen LogP contribution in [0.3, 0.4) is 0 Å². The summed E-state index contributed by atoms with van der Waals surface area (Å²) >= 11 is 0. The van der Waals surface area contributed by atoms with Gasteiger partial charge in [0.15, 0.2) is 0 Å². The summed E-state index contributed by atoms with van der Waals surface area (Å²) in [5, 5.41) is 0. The summed E-state index contributed by atoms with van der Waals surface area (Å²) in [5.41, 5.74) is 0. The van der Waals surface area contributed by atoms with Crippen LogP contribution >= 0.6 is 0 Å². The van der Waals surface area contributed by atoms with Crippen molar-refractivity contribution in [2.24, 2.45) is 0 Å². The van der Waals surface area contributed by atoms with Gasteiger partial charge >= 0.3 is 0 Å². The second-order valence-corrected chi connectivity index (χ2v) is 3.99. The van der Waals surface area contributed by atoms with E-state index >= 15 is 0 Å². The Balaban J connectivity index is 1.20. The topological polar surface area (TPSA) is 62.0 Å². The Morgan fingerprint density at radius 2 is 1.12 bits per heavy atom. The zero-order valence-corrected chi connectivity index (χ0v) is 9.97. The normalized spacial score (nSPS) is 26.1. The molecule has 0 amide bonds. The minimum Gasteiger partial charge on any atom is -0.376 e. The zero-order valence-electron chi connectivity index (χ0n) is 9.97. The van der Waals surface area contributed by atoms with Crippen molar-refractivity contribution in [2.75, 3.05) is 59.6 Å². The van der Waals surface area contributed by atoms with E-state index in [0.717, 1.165) is 13.2 Å². The molecule has 0 aromatic carbocycles. The molecule has 2 aliphatic heterocycles. The molecule has 2 heterocycles. The lowest BCUT2D eigenvalue weighted by molar-refractivity contribution is -0.0823. The molecule has 0 N–H and O–H groups in total. The molecule has 0 bridgehead atoms. The summed E-state index contributed by atoms with van der Waals surface area (Å²) in [6, 6.07) is 0. The first-order valence-corrected chi connectivity index (χ1v) is 5.99. The molecular formula is C11H20O6. The molecule has 2 aliphatic rings. The van der Waals surface area contributed by atoms with Gasteiger partial charge in [0.05, 0.1) is 52.9 Å². The quantitative estimate of drug-likeness (QED) is 0.271. The van der Waals surface area contributed by atoms with Crippen molar-refractivity contribution in [1.82, 2.24) is 0 Å². The molecule has 0 aromatic heterocycles. The highest BCUT2D eigenvalue weighted by Crippen LogP contribution is 2.08. The molecule has 2 rings (SSSR count). The molecule has 0 aromatic rings. The first-order chi connectivity index (χ1) is 8.45. The third-order valence-electron chi connectivity index (χ3n) is 2.32. The van der Waals surface area contributed by atoms with Gasteiger partial charge in [-0.05, 0) is 0 Å². The fourth-order valence-corrected chi connectivity index (χ4v) is 1.17. The van der Waals surface area contributed by atoms with E-state index in [4.69, 9.17) is 28.4 Å². The molecule has 2 saturated heterocycles. The molecular weight excluding hydrogens is 228 g/mol. The summed E-state index contributed by atoms with van der Waals surface area (Å²) in [5.74, 6) is 0. The van der Waals surface area contributed by atoms with Gasteiger partial charge in [0.25, 0.3) is 0 Å². The van der Waals surface area contributed by atoms with Crippen LogP contribution in [0.4, 0.5) is 0 Å². The van der Waals surface area contributed by atoms with Crippen LogP contribution in [0, 0.1) is 0 Å². The second kappa shape index (κ2) is 7.97. The molecule has 0 saturated carbocycles. The molecule has 6 heteroatoms. The van der Waals surface area contributed by atoms with E-state index in [1.54, 1.807) is 0 Å². The van der Waals surface area contributed by atoms with Crippen molar-refractivity contribution < 1.29 is 28.4 Å². The van der Waals surface area contributed by atoms with Crippen LogP contribution in [0.25, 0.3) is 0 Å². The Bertz CT molecular complexity index is 172. The van der Waals surface area contributed by atoms with Crippen LogP contribution in [-0.4, -0.2) is 71.9 Å². The van der Waals surface area contributed by atoms with Crippen LogP contribution in [0.5, 0.6) is 0 Å². The monoisotopic (exact) mass is 248 g/mol. The lowest BCUT2D eigenvalue weighted by Crippen LogP contribution is -2.12. The SMILES string of the molecule is C(COCC1CO1)OCOCCOCC1CO1. The number of rotatable bonds is 12. The molecule has 17 heavy (non-hydrogen) atoms. The van der Waals surface area contributed by atoms with Crippen LogP contribution in [0.15, 0.2) is 0 Å². The summed E-state index contributed by atoms with van der Waals surface area (Å²) < 4.78 is 31.0. The molecule has 2 atom stereocenters. The number of ether oxygens (including phenoxy) is 6. The lowest BCUT2D eigenvalue weighted by Gasteiger charge is -2.06. The molecule has 6 nitrogen and oxygen atoms in total. The molecule has 2 fully saturated rings. The van der Waals surface area contributed by atoms with E-state index in [9.17, 15) is 0 Å². The first kappa shape index (κ1) is 13.2. The molecule has 0 aliphatic carbocycles. The highest BCUT2D eigenvalue weighted by molar-refractivity contribution is 4.67. The van der Waals surface area contributed by atoms with Crippen LogP contribution in [-0.2, 0) is 28.4 Å². The average Bonchev–Trinajstić information content (AvgIpc) is 3.19. The smallest absolute Gasteiger partial charge is 0.146 e. The van der Waals surface area contributed by atoms with Gasteiger partial charge in [-0.15, -0.1) is 0 Å². The number of hydrogen-bond donors (Lipinski definition) is 0. The average molecular weight is 248 g/mol. The lowest BCUT2D eigenvalue weighted by atomic mass is 10.5. The molecule has 0 radical (unpaired) electrons. The summed E-state index contributed by atoms with van der Waals surface area (Å²) in [7, 11) is 0. The zero-order chi connectivity index (χ0) is 11.8. The van der Waals surface area contributed by atoms with Gasteiger partial charge in [-0.3, -0.25) is 0 Å². The summed E-state index contributed by atoms with van der Waals surface area (Å²) in [6.07, 6.45) is 0.637. The first-order valence-electron chi connectivity index (χ1n) is 5.99. The molecule has 2 unspecified atom stereocenters. The van der Waals surface area contributed by atoms with Gasteiger partial charge < -0.3 is 28.4 Å². The van der Waals surface area contributed by atoms with E-state index in [1.165, 1.54) is 0 Å². The maximum Gasteiger partial charge on any atom is 0.146 e. The van der Waals surface area contributed by atoms with Crippen LogP contribution < -0.4 is 0 Å². The van der Waals surface area contributed by atoms with Gasteiger partial charge in [-0.2, -0.15) is 0 Å². The Hall–Kier alpha value is -0.240. The largest absolute Gasteiger partial charge is 0.376 e. The third-order valence-corrected chi connectivity index (χ3v) is 2.32. The Kier molecular flexibility index (Phi) is 6.18. The van der Waals surface area contributed by atoms with E-state index in [-0.39, 0.29) is 6.79 Å². The van der Waals surface area contributed by atoms with E-state index in [1.807, 2.05) is 0 Å². The number of epoxide rings is 2. The predicted octanol–water partition coefficient (Wildman–Crippen LogP) is -0.192. The number of hydrogen-bond acceptors (Lipinski definition) is 6. The van der Waals surface area contributed by atoms with Crippen molar-refractivity contribution in [3.63, 3.8) is 0 Å². The highest BCUT2D eigenvalue weighted by atomic mass is 16.7. The fraction of sp³-hybridized carbons (Fsp3) is 1.00. The van der Waals surface area contributed by atoms with E-state index in [0.29, 0.717) is 51.8 Å². The van der Waals surface area contributed by atoms with E-state index < -0.39 is 0 Å². The molecule has 0 spiro atoms. The summed E-state index contributed by atoms with van der Waals surface area (Å²) in [4.78, 5) is 0. The third kappa shape index (κ3) is 7.64. The Morgan fingerprint density at radius 1 is 0.706 bits per heavy atom. The van der Waals surface area contributed by atoms with Crippen LogP contribution in [0.1, 0.15) is 0 Å². The van der Waals surface area contributed by atoms with Crippen molar-refractivity contribution in [3.05, 3.63) is 0 Å². The van der Waals surface area contributed by atoms with Crippen LogP contribution in [0.2, 0.25) is 0 Å². The maximum absolute atomic E-state index is 5.29. The van der Waals surface area contributed by atoms with Gasteiger partial charge in [-0.1, -0.05) is 0 Å². The van der Waals surface area contributed by atoms with Crippen molar-refractivity contribution in [1.29, 1.82) is 0 Å². The predicted molar refractivity (Wildman–Crippen MR) is 57.9 cm³/mol. The Morgan fingerprint density at radius 3 is 1.53 bits per heavy atom. The second-order valence-electron chi connectivity index (χ2n) is 3.99.